The van der Waals surface area contributed by atoms with Gasteiger partial charge in [-0.15, -0.1) is 44.2 Å². The molecule has 243 valence electrons. The monoisotopic (exact) mass is 659 g/mol. The number of hydrogen-bond acceptors (Lipinski definition) is 4. The molecule has 11 heteroatoms. The number of hydrogen-bond donors (Lipinski definition) is 4. The van der Waals surface area contributed by atoms with E-state index in [0.717, 1.165) is 33.4 Å². The van der Waals surface area contributed by atoms with Crippen molar-refractivity contribution in [1.29, 1.82) is 0 Å². The summed E-state index contributed by atoms with van der Waals surface area (Å²) < 4.78 is 0. The van der Waals surface area contributed by atoms with Crippen LogP contribution in [-0.2, 0) is 39.5 Å². The number of carboxylic acid groups (broad SMARTS) is 2. The fourth-order valence-electron chi connectivity index (χ4n) is 6.15. The molecule has 0 fully saturated rings. The van der Waals surface area contributed by atoms with Gasteiger partial charge in [0.2, 0.25) is 0 Å². The Morgan fingerprint density at radius 3 is 1.64 bits per heavy atom. The van der Waals surface area contributed by atoms with Gasteiger partial charge < -0.3 is 40.4 Å². The van der Waals surface area contributed by atoms with Crippen molar-refractivity contribution in [3.63, 3.8) is 0 Å². The minimum Gasteiger partial charge on any atom is -0.657 e. The van der Waals surface area contributed by atoms with Gasteiger partial charge in [-0.3, -0.25) is 9.59 Å². The molecule has 1 aliphatic heterocycles. The molecule has 0 saturated heterocycles. The Balaban J connectivity index is 0.00000461. The van der Waals surface area contributed by atoms with Gasteiger partial charge in [0.05, 0.1) is 12.2 Å². The summed E-state index contributed by atoms with van der Waals surface area (Å²) in [6.45, 7) is 10.9. The van der Waals surface area contributed by atoms with Gasteiger partial charge >= 0.3 is 11.9 Å². The molecule has 0 saturated carbocycles. The van der Waals surface area contributed by atoms with Crippen molar-refractivity contribution in [2.75, 3.05) is 0 Å². The molecule has 4 aromatic rings. The first-order chi connectivity index (χ1) is 20.8. The van der Waals surface area contributed by atoms with Gasteiger partial charge in [-0.1, -0.05) is 57.7 Å². The number of carbonyl (C=O) groups is 2. The van der Waals surface area contributed by atoms with E-state index < -0.39 is 24.1 Å². The standard InChI is InChI=1S/C34H36N4O6.Cu/c1-15-21(7-9-31(41)42)27-14-28-22(8-10-32(43)44)16(2)24(36-28)12-29-34(20(6)40)18(4)26(38-29)13-30-33(19(5)39)17(3)25(37-30)11-23(15)35-27;/h11-14,19-20,39-40H,7-10H2,1-6H3,(H,41,42)(H,43,44);/q-4;. The molecule has 0 aromatic carbocycles. The summed E-state index contributed by atoms with van der Waals surface area (Å²) in [5.74, 6) is -1.86. The van der Waals surface area contributed by atoms with Crippen LogP contribution in [0.25, 0.3) is 24.3 Å². The summed E-state index contributed by atoms with van der Waals surface area (Å²) >= 11 is 0. The topological polar surface area (TPSA) is 171 Å². The van der Waals surface area contributed by atoms with Crippen LogP contribution >= 0.6 is 0 Å². The molecule has 5 rings (SSSR count). The molecule has 0 aliphatic carbocycles. The molecule has 10 nitrogen and oxygen atoms in total. The fourth-order valence-corrected chi connectivity index (χ4v) is 6.15. The van der Waals surface area contributed by atoms with Crippen LogP contribution in [0.5, 0.6) is 0 Å². The molecule has 4 aromatic heterocycles. The number of carboxylic acids is 2. The van der Waals surface area contributed by atoms with Crippen molar-refractivity contribution in [2.45, 2.75) is 79.4 Å². The van der Waals surface area contributed by atoms with Crippen molar-refractivity contribution in [2.24, 2.45) is 0 Å². The molecule has 45 heavy (non-hydrogen) atoms. The van der Waals surface area contributed by atoms with Crippen LogP contribution in [-0.4, -0.2) is 32.4 Å². The van der Waals surface area contributed by atoms with E-state index in [1.807, 2.05) is 39.8 Å². The number of aliphatic hydroxyl groups excluding tert-OH is 2. The molecule has 4 N–H and O–H groups in total. The second-order valence-electron chi connectivity index (χ2n) is 11.5. The third kappa shape index (κ3) is 6.53. The Hall–Kier alpha value is -4.02. The number of aliphatic carboxylic acids is 2. The third-order valence-corrected chi connectivity index (χ3v) is 8.49. The van der Waals surface area contributed by atoms with E-state index in [9.17, 15) is 30.0 Å². The first-order valence-corrected chi connectivity index (χ1v) is 14.6. The number of nitrogens with zero attached hydrogens (tertiary/aromatic N) is 4. The maximum atomic E-state index is 11.5. The van der Waals surface area contributed by atoms with Crippen molar-refractivity contribution in [1.82, 2.24) is 19.9 Å². The molecule has 2 unspecified atom stereocenters. The van der Waals surface area contributed by atoms with E-state index >= 15 is 0 Å². The van der Waals surface area contributed by atoms with Gasteiger partial charge in [0.25, 0.3) is 0 Å². The Morgan fingerprint density at radius 1 is 0.578 bits per heavy atom. The summed E-state index contributed by atoms with van der Waals surface area (Å²) in [6.07, 6.45) is 5.93. The number of fused-ring (bicyclic) bond motifs is 8. The molecule has 0 amide bonds. The normalized spacial score (nSPS) is 13.5. The predicted octanol–water partition coefficient (Wildman–Crippen LogP) is 0.516. The quantitative estimate of drug-likeness (QED) is 0.172. The second-order valence-corrected chi connectivity index (χ2v) is 11.5. The Labute approximate surface area is 270 Å². The zero-order chi connectivity index (χ0) is 32.0. The van der Waals surface area contributed by atoms with Crippen molar-refractivity contribution >= 4 is 36.2 Å². The van der Waals surface area contributed by atoms with Crippen LogP contribution < -0.4 is 41.3 Å². The van der Waals surface area contributed by atoms with E-state index in [4.69, 9.17) is 19.9 Å². The van der Waals surface area contributed by atoms with Crippen LogP contribution in [0.1, 0.15) is 106 Å². The van der Waals surface area contributed by atoms with E-state index in [1.165, 1.54) is 0 Å². The summed E-state index contributed by atoms with van der Waals surface area (Å²) in [7, 11) is 0. The van der Waals surface area contributed by atoms with E-state index in [-0.39, 0.29) is 42.8 Å². The van der Waals surface area contributed by atoms with Gasteiger partial charge in [0, 0.05) is 29.9 Å². The maximum Gasteiger partial charge on any atom is 0.303 e. The van der Waals surface area contributed by atoms with Crippen molar-refractivity contribution in [3.05, 3.63) is 88.7 Å². The molecule has 2 atom stereocenters. The molecule has 1 aliphatic rings. The van der Waals surface area contributed by atoms with Crippen LogP contribution in [0.4, 0.5) is 0 Å². The van der Waals surface area contributed by atoms with E-state index in [1.54, 1.807) is 26.0 Å². The smallest absolute Gasteiger partial charge is 0.303 e. The van der Waals surface area contributed by atoms with Gasteiger partial charge in [0.1, 0.15) is 0 Å². The average molecular weight is 660 g/mol. The Kier molecular flexibility index (Phi) is 9.89. The fraction of sp³-hybridized carbons (Fsp3) is 0.353. The molecular weight excluding hydrogens is 624 g/mol. The zero-order valence-corrected chi connectivity index (χ0v) is 26.9. The summed E-state index contributed by atoms with van der Waals surface area (Å²) in [5.41, 5.74) is 8.32. The van der Waals surface area contributed by atoms with Gasteiger partial charge in [0.15, 0.2) is 0 Å². The maximum absolute atomic E-state index is 11.5. The van der Waals surface area contributed by atoms with Gasteiger partial charge in [-0.25, -0.2) is 0 Å². The van der Waals surface area contributed by atoms with Crippen LogP contribution in [0.2, 0.25) is 0 Å². The average Bonchev–Trinajstić information content (AvgIpc) is 3.59. The first kappa shape index (κ1) is 33.9. The third-order valence-electron chi connectivity index (χ3n) is 8.49. The molecule has 5 heterocycles. The molecular formula is C34H36CuN4O6-4. The first-order valence-electron chi connectivity index (χ1n) is 14.6. The minimum atomic E-state index is -0.931. The van der Waals surface area contributed by atoms with E-state index in [0.29, 0.717) is 55.3 Å². The Bertz CT molecular complexity index is 2040. The Morgan fingerprint density at radius 2 is 1.04 bits per heavy atom. The summed E-state index contributed by atoms with van der Waals surface area (Å²) in [6, 6.07) is 0. The van der Waals surface area contributed by atoms with Gasteiger partial charge in [-0.2, -0.15) is 0 Å². The van der Waals surface area contributed by atoms with Crippen LogP contribution in [0.15, 0.2) is 0 Å². The molecule has 0 spiro atoms. The summed E-state index contributed by atoms with van der Waals surface area (Å²) in [5, 5.41) is 42.7. The molecule has 8 bridgehead atoms. The van der Waals surface area contributed by atoms with Crippen molar-refractivity contribution in [3.8, 4) is 0 Å². The van der Waals surface area contributed by atoms with Gasteiger partial charge in [-0.05, 0) is 65.5 Å². The van der Waals surface area contributed by atoms with Crippen LogP contribution in [0.3, 0.4) is 0 Å². The number of aromatic nitrogens is 4. The second kappa shape index (κ2) is 13.1. The predicted molar refractivity (Wildman–Crippen MR) is 164 cm³/mol. The molecule has 1 radical (unpaired) electrons. The number of rotatable bonds is 8. The zero-order valence-electron chi connectivity index (χ0n) is 26.0. The SMILES string of the molecule is Cc1c2[n-]c(c1CCC(=O)O)C=c1[n-]c(c(C)c1CCC(=O)O)=Cc1[n-]c(c(C)c1C(C)O)C=c1[n-]c(c(C)c1C(C)O)=C2.[Cu]. The number of aliphatic hydroxyl groups is 2. The van der Waals surface area contributed by atoms with E-state index in [2.05, 4.69) is 0 Å². The largest absolute Gasteiger partial charge is 0.657 e. The van der Waals surface area contributed by atoms with Crippen molar-refractivity contribution < 1.29 is 47.1 Å². The summed E-state index contributed by atoms with van der Waals surface area (Å²) in [4.78, 5) is 42.6. The minimum absolute atomic E-state index is 0. The van der Waals surface area contributed by atoms with Crippen LogP contribution in [0, 0.1) is 27.7 Å².